The van der Waals surface area contributed by atoms with Gasteiger partial charge in [0.2, 0.25) is 5.91 Å². The van der Waals surface area contributed by atoms with Crippen LogP contribution in [0, 0.1) is 11.8 Å². The zero-order valence-corrected chi connectivity index (χ0v) is 12.2. The number of carboxylic acids is 1. The summed E-state index contributed by atoms with van der Waals surface area (Å²) in [5, 5.41) is 11.1. The largest absolute Gasteiger partial charge is 0.481 e. The monoisotopic (exact) mass is 293 g/mol. The number of rotatable bonds is 2. The molecule has 20 heavy (non-hydrogen) atoms. The van der Waals surface area contributed by atoms with Gasteiger partial charge in [0.1, 0.15) is 0 Å². The van der Waals surface area contributed by atoms with Crippen LogP contribution in [0.1, 0.15) is 36.1 Å². The van der Waals surface area contributed by atoms with Gasteiger partial charge in [-0.3, -0.25) is 9.59 Å². The van der Waals surface area contributed by atoms with E-state index in [2.05, 4.69) is 11.4 Å². The highest BCUT2D eigenvalue weighted by Crippen LogP contribution is 2.32. The third-order valence-electron chi connectivity index (χ3n) is 4.56. The Morgan fingerprint density at radius 3 is 2.60 bits per heavy atom. The molecule has 2 heterocycles. The average molecular weight is 293 g/mol. The smallest absolute Gasteiger partial charge is 0.306 e. The topological polar surface area (TPSA) is 57.6 Å². The number of nitrogens with zero attached hydrogens (tertiary/aromatic N) is 1. The number of amides is 1. The fourth-order valence-electron chi connectivity index (χ4n) is 3.27. The summed E-state index contributed by atoms with van der Waals surface area (Å²) in [5.41, 5.74) is 1.38. The lowest BCUT2D eigenvalue weighted by Crippen LogP contribution is -2.40. The van der Waals surface area contributed by atoms with Crippen LogP contribution in [0.15, 0.2) is 11.4 Å². The molecule has 1 aliphatic carbocycles. The molecule has 0 spiro atoms. The van der Waals surface area contributed by atoms with E-state index in [1.807, 2.05) is 4.90 Å². The highest BCUT2D eigenvalue weighted by atomic mass is 32.1. The molecule has 1 aliphatic heterocycles. The van der Waals surface area contributed by atoms with Crippen molar-refractivity contribution in [1.82, 2.24) is 4.90 Å². The van der Waals surface area contributed by atoms with Crippen LogP contribution < -0.4 is 0 Å². The number of aliphatic carboxylic acids is 1. The fraction of sp³-hybridized carbons (Fsp3) is 0.600. The second-order valence-electron chi connectivity index (χ2n) is 5.77. The van der Waals surface area contributed by atoms with Crippen LogP contribution >= 0.6 is 11.3 Å². The molecular formula is C15H19NO3S. The molecule has 4 nitrogen and oxygen atoms in total. The Labute approximate surface area is 122 Å². The van der Waals surface area contributed by atoms with E-state index in [1.54, 1.807) is 11.3 Å². The average Bonchev–Trinajstić information content (AvgIpc) is 2.94. The molecule has 1 amide bonds. The molecular weight excluding hydrogens is 274 g/mol. The van der Waals surface area contributed by atoms with E-state index in [9.17, 15) is 9.59 Å². The summed E-state index contributed by atoms with van der Waals surface area (Å²) in [6, 6.07) is 2.15. The van der Waals surface area contributed by atoms with E-state index >= 15 is 0 Å². The second-order valence-corrected chi connectivity index (χ2v) is 6.77. The number of carboxylic acid groups (broad SMARTS) is 1. The van der Waals surface area contributed by atoms with Gasteiger partial charge < -0.3 is 10.0 Å². The highest BCUT2D eigenvalue weighted by molar-refractivity contribution is 7.10. The van der Waals surface area contributed by atoms with Crippen LogP contribution in [0.2, 0.25) is 0 Å². The van der Waals surface area contributed by atoms with Gasteiger partial charge in [-0.25, -0.2) is 0 Å². The zero-order chi connectivity index (χ0) is 14.1. The molecule has 1 aromatic heterocycles. The number of hydrogen-bond donors (Lipinski definition) is 1. The van der Waals surface area contributed by atoms with E-state index < -0.39 is 5.97 Å². The maximum Gasteiger partial charge on any atom is 0.306 e. The number of thiophene rings is 1. The molecule has 3 rings (SSSR count). The summed E-state index contributed by atoms with van der Waals surface area (Å²) >= 11 is 1.73. The molecule has 1 aromatic rings. The van der Waals surface area contributed by atoms with E-state index in [0.717, 1.165) is 32.4 Å². The number of hydrogen-bond acceptors (Lipinski definition) is 3. The second kappa shape index (κ2) is 5.56. The van der Waals surface area contributed by atoms with Gasteiger partial charge in [0.25, 0.3) is 0 Å². The maximum absolute atomic E-state index is 12.5. The van der Waals surface area contributed by atoms with Crippen LogP contribution in [0.3, 0.4) is 0 Å². The normalized spacial score (nSPS) is 26.1. The van der Waals surface area contributed by atoms with Crippen LogP contribution in [0.4, 0.5) is 0 Å². The van der Waals surface area contributed by atoms with Gasteiger partial charge in [-0.05, 0) is 49.1 Å². The summed E-state index contributed by atoms with van der Waals surface area (Å²) < 4.78 is 0. The van der Waals surface area contributed by atoms with E-state index in [4.69, 9.17) is 5.11 Å². The lowest BCUT2D eigenvalue weighted by molar-refractivity contribution is -0.146. The first-order chi connectivity index (χ1) is 9.65. The minimum absolute atomic E-state index is 0.0344. The number of fused-ring (bicyclic) bond motifs is 1. The predicted molar refractivity (Wildman–Crippen MR) is 76.5 cm³/mol. The number of carbonyl (C=O) groups excluding carboxylic acids is 1. The van der Waals surface area contributed by atoms with Crippen molar-refractivity contribution in [3.05, 3.63) is 21.9 Å². The van der Waals surface area contributed by atoms with E-state index in [1.165, 1.54) is 10.4 Å². The quantitative estimate of drug-likeness (QED) is 0.911. The summed E-state index contributed by atoms with van der Waals surface area (Å²) in [6.07, 6.45) is 3.69. The van der Waals surface area contributed by atoms with Crippen molar-refractivity contribution in [2.45, 2.75) is 38.6 Å². The molecule has 0 bridgehead atoms. The summed E-state index contributed by atoms with van der Waals surface area (Å²) in [7, 11) is 0. The zero-order valence-electron chi connectivity index (χ0n) is 11.4. The van der Waals surface area contributed by atoms with Crippen molar-refractivity contribution < 1.29 is 14.7 Å². The predicted octanol–water partition coefficient (Wildman–Crippen LogP) is 2.52. The molecule has 2 aliphatic rings. The third kappa shape index (κ3) is 2.59. The van der Waals surface area contributed by atoms with Crippen LogP contribution in [-0.2, 0) is 22.6 Å². The maximum atomic E-state index is 12.5. The molecule has 0 atom stereocenters. The lowest BCUT2D eigenvalue weighted by Gasteiger charge is -2.33. The van der Waals surface area contributed by atoms with Crippen LogP contribution in [0.5, 0.6) is 0 Å². The van der Waals surface area contributed by atoms with Crippen molar-refractivity contribution in [1.29, 1.82) is 0 Å². The van der Waals surface area contributed by atoms with Crippen molar-refractivity contribution in [3.8, 4) is 0 Å². The Hall–Kier alpha value is -1.36. The van der Waals surface area contributed by atoms with Crippen LogP contribution in [0.25, 0.3) is 0 Å². The number of carbonyl (C=O) groups is 2. The van der Waals surface area contributed by atoms with Crippen molar-refractivity contribution >= 4 is 23.2 Å². The lowest BCUT2D eigenvalue weighted by atomic mass is 9.81. The van der Waals surface area contributed by atoms with Gasteiger partial charge in [-0.2, -0.15) is 0 Å². The SMILES string of the molecule is O=C(O)C1CCC(C(=O)N2CCc3ccsc3C2)CC1. The Morgan fingerprint density at radius 1 is 1.20 bits per heavy atom. The minimum atomic E-state index is -0.711. The molecule has 108 valence electrons. The summed E-state index contributed by atoms with van der Waals surface area (Å²) in [4.78, 5) is 26.8. The van der Waals surface area contributed by atoms with Gasteiger partial charge in [0.05, 0.1) is 12.5 Å². The Balaban J connectivity index is 1.59. The molecule has 0 aromatic carbocycles. The Morgan fingerprint density at radius 2 is 1.90 bits per heavy atom. The first-order valence-electron chi connectivity index (χ1n) is 7.22. The minimum Gasteiger partial charge on any atom is -0.481 e. The Bertz CT molecular complexity index is 517. The first-order valence-corrected chi connectivity index (χ1v) is 8.10. The van der Waals surface area contributed by atoms with Gasteiger partial charge >= 0.3 is 5.97 Å². The first kappa shape index (κ1) is 13.6. The van der Waals surface area contributed by atoms with Crippen molar-refractivity contribution in [2.75, 3.05) is 6.54 Å². The molecule has 5 heteroatoms. The molecule has 0 radical (unpaired) electrons. The molecule has 0 unspecified atom stereocenters. The van der Waals surface area contributed by atoms with Crippen LogP contribution in [-0.4, -0.2) is 28.4 Å². The molecule has 1 fully saturated rings. The van der Waals surface area contributed by atoms with Gasteiger partial charge in [-0.1, -0.05) is 0 Å². The van der Waals surface area contributed by atoms with E-state index in [0.29, 0.717) is 12.8 Å². The Kier molecular flexibility index (Phi) is 3.78. The van der Waals surface area contributed by atoms with Gasteiger partial charge in [-0.15, -0.1) is 11.3 Å². The fourth-order valence-corrected chi connectivity index (χ4v) is 4.22. The molecule has 1 saturated carbocycles. The van der Waals surface area contributed by atoms with Gasteiger partial charge in [0, 0.05) is 17.3 Å². The highest BCUT2D eigenvalue weighted by Gasteiger charge is 2.33. The molecule has 0 saturated heterocycles. The third-order valence-corrected chi connectivity index (χ3v) is 5.51. The van der Waals surface area contributed by atoms with Gasteiger partial charge in [0.15, 0.2) is 0 Å². The van der Waals surface area contributed by atoms with Crippen molar-refractivity contribution in [2.24, 2.45) is 11.8 Å². The summed E-state index contributed by atoms with van der Waals surface area (Å²) in [5.74, 6) is -0.693. The van der Waals surface area contributed by atoms with Crippen molar-refractivity contribution in [3.63, 3.8) is 0 Å². The molecule has 1 N–H and O–H groups in total. The van der Waals surface area contributed by atoms with E-state index in [-0.39, 0.29) is 17.7 Å². The summed E-state index contributed by atoms with van der Waals surface area (Å²) in [6.45, 7) is 1.55. The standard InChI is InChI=1S/C15H19NO3S/c17-14(11-1-3-12(4-2-11)15(18)19)16-7-5-10-6-8-20-13(10)9-16/h6,8,11-12H,1-5,7,9H2,(H,18,19).